The van der Waals surface area contributed by atoms with E-state index < -0.39 is 0 Å². The van der Waals surface area contributed by atoms with E-state index in [1.165, 1.54) is 24.2 Å². The zero-order chi connectivity index (χ0) is 16.2. The van der Waals surface area contributed by atoms with E-state index in [2.05, 4.69) is 10.3 Å². The summed E-state index contributed by atoms with van der Waals surface area (Å²) in [5.74, 6) is 0.334. The first-order chi connectivity index (χ1) is 11.2. The molecule has 1 aliphatic carbocycles. The largest absolute Gasteiger partial charge is 0.344 e. The van der Waals surface area contributed by atoms with E-state index in [4.69, 9.17) is 17.3 Å². The predicted octanol–water partition coefficient (Wildman–Crippen LogP) is 3.92. The van der Waals surface area contributed by atoms with Gasteiger partial charge in [-0.1, -0.05) is 36.6 Å². The fraction of sp³-hybridized carbons (Fsp3) is 0.412. The van der Waals surface area contributed by atoms with Crippen molar-refractivity contribution in [2.24, 2.45) is 11.7 Å². The summed E-state index contributed by atoms with van der Waals surface area (Å²) in [4.78, 5) is 16.8. The van der Waals surface area contributed by atoms with Gasteiger partial charge < -0.3 is 11.1 Å². The Morgan fingerprint density at radius 1 is 1.35 bits per heavy atom. The molecular weight excluding hydrogens is 330 g/mol. The molecule has 1 aliphatic rings. The van der Waals surface area contributed by atoms with Gasteiger partial charge in [-0.2, -0.15) is 0 Å². The molecule has 0 radical (unpaired) electrons. The highest BCUT2D eigenvalue weighted by molar-refractivity contribution is 7.09. The highest BCUT2D eigenvalue weighted by atomic mass is 35.5. The van der Waals surface area contributed by atoms with Crippen LogP contribution in [0.2, 0.25) is 5.02 Å². The Kier molecular flexibility index (Phi) is 5.30. The zero-order valence-electron chi connectivity index (χ0n) is 12.8. The zero-order valence-corrected chi connectivity index (χ0v) is 14.4. The quantitative estimate of drug-likeness (QED) is 0.859. The van der Waals surface area contributed by atoms with Crippen molar-refractivity contribution in [3.63, 3.8) is 0 Å². The molecule has 2 aromatic rings. The summed E-state index contributed by atoms with van der Waals surface area (Å²) in [5, 5.41) is 6.42. The maximum atomic E-state index is 12.5. The lowest BCUT2D eigenvalue weighted by atomic mass is 9.91. The van der Waals surface area contributed by atoms with E-state index in [-0.39, 0.29) is 11.9 Å². The van der Waals surface area contributed by atoms with Gasteiger partial charge in [0.1, 0.15) is 10.7 Å². The minimum absolute atomic E-state index is 0.00490. The van der Waals surface area contributed by atoms with Crippen LogP contribution < -0.4 is 11.1 Å². The first kappa shape index (κ1) is 16.4. The van der Waals surface area contributed by atoms with Crippen LogP contribution >= 0.6 is 22.9 Å². The van der Waals surface area contributed by atoms with Gasteiger partial charge in [0, 0.05) is 16.9 Å². The lowest BCUT2D eigenvalue weighted by Crippen LogP contribution is -2.33. The second-order valence-electron chi connectivity index (χ2n) is 5.88. The third kappa shape index (κ3) is 3.91. The van der Waals surface area contributed by atoms with E-state index in [9.17, 15) is 4.79 Å². The Hall–Kier alpha value is -1.43. The van der Waals surface area contributed by atoms with Crippen molar-refractivity contribution in [1.29, 1.82) is 0 Å². The summed E-state index contributed by atoms with van der Waals surface area (Å²) in [5.41, 5.74) is 7.13. The smallest absolute Gasteiger partial charge is 0.271 e. The summed E-state index contributed by atoms with van der Waals surface area (Å²) in [6, 6.07) is 7.75. The Labute approximate surface area is 145 Å². The number of thiazole rings is 1. The van der Waals surface area contributed by atoms with Gasteiger partial charge in [0.25, 0.3) is 5.91 Å². The molecule has 1 amide bonds. The molecular formula is C17H20ClN3OS. The van der Waals surface area contributed by atoms with Gasteiger partial charge in [-0.25, -0.2) is 4.98 Å². The lowest BCUT2D eigenvalue weighted by molar-refractivity contribution is 0.0917. The second kappa shape index (κ2) is 7.43. The number of benzene rings is 1. The average molecular weight is 350 g/mol. The molecule has 0 spiro atoms. The molecule has 1 heterocycles. The van der Waals surface area contributed by atoms with Crippen molar-refractivity contribution in [3.05, 3.63) is 50.9 Å². The van der Waals surface area contributed by atoms with Crippen LogP contribution in [0.1, 0.15) is 52.8 Å². The lowest BCUT2D eigenvalue weighted by Gasteiger charge is -2.25. The molecule has 1 fully saturated rings. The minimum Gasteiger partial charge on any atom is -0.344 e. The number of carbonyl (C=O) groups excluding carboxylic acids is 1. The van der Waals surface area contributed by atoms with Gasteiger partial charge in [0.15, 0.2) is 0 Å². The molecule has 0 saturated heterocycles. The molecule has 4 nitrogen and oxygen atoms in total. The van der Waals surface area contributed by atoms with Crippen molar-refractivity contribution < 1.29 is 4.79 Å². The van der Waals surface area contributed by atoms with Gasteiger partial charge in [0.05, 0.1) is 6.04 Å². The fourth-order valence-electron chi connectivity index (χ4n) is 3.16. The number of nitrogens with one attached hydrogen (secondary N) is 1. The second-order valence-corrected chi connectivity index (χ2v) is 7.26. The van der Waals surface area contributed by atoms with E-state index in [0.717, 1.165) is 23.4 Å². The summed E-state index contributed by atoms with van der Waals surface area (Å²) in [7, 11) is 0. The predicted molar refractivity (Wildman–Crippen MR) is 93.6 cm³/mol. The van der Waals surface area contributed by atoms with Gasteiger partial charge in [-0.05, 0) is 36.5 Å². The summed E-state index contributed by atoms with van der Waals surface area (Å²) in [6.07, 6.45) is 4.72. The molecule has 1 aromatic carbocycles. The van der Waals surface area contributed by atoms with Crippen LogP contribution in [0.3, 0.4) is 0 Å². The van der Waals surface area contributed by atoms with Gasteiger partial charge in [-0.15, -0.1) is 11.3 Å². The number of hydrogen-bond donors (Lipinski definition) is 2. The average Bonchev–Trinajstić information content (AvgIpc) is 3.25. The van der Waals surface area contributed by atoms with Crippen LogP contribution in [-0.4, -0.2) is 10.9 Å². The Balaban J connectivity index is 1.80. The Bertz CT molecular complexity index is 665. The number of rotatable bonds is 5. The van der Waals surface area contributed by atoms with E-state index in [1.807, 2.05) is 24.3 Å². The number of hydrogen-bond acceptors (Lipinski definition) is 4. The molecule has 23 heavy (non-hydrogen) atoms. The Morgan fingerprint density at radius 2 is 2.04 bits per heavy atom. The molecule has 6 heteroatoms. The topological polar surface area (TPSA) is 68.0 Å². The molecule has 1 aromatic heterocycles. The van der Waals surface area contributed by atoms with E-state index in [1.54, 1.807) is 5.38 Å². The monoisotopic (exact) mass is 349 g/mol. The standard InChI is InChI=1S/C17H20ClN3OS/c18-13-7-5-12(6-8-13)16(11-3-1-2-4-11)21-17(22)14-10-23-15(9-19)20-14/h5-8,10-11,16H,1-4,9,19H2,(H,21,22). The number of nitrogens with two attached hydrogens (primary N) is 1. The van der Waals surface area contributed by atoms with Crippen molar-refractivity contribution in [1.82, 2.24) is 10.3 Å². The van der Waals surface area contributed by atoms with Crippen LogP contribution in [0, 0.1) is 5.92 Å². The van der Waals surface area contributed by atoms with Crippen molar-refractivity contribution in [2.75, 3.05) is 0 Å². The summed E-state index contributed by atoms with van der Waals surface area (Å²) in [6.45, 7) is 0.362. The summed E-state index contributed by atoms with van der Waals surface area (Å²) >= 11 is 7.41. The van der Waals surface area contributed by atoms with Gasteiger partial charge in [-0.3, -0.25) is 4.79 Å². The number of nitrogens with zero attached hydrogens (tertiary/aromatic N) is 1. The van der Waals surface area contributed by atoms with Crippen molar-refractivity contribution in [2.45, 2.75) is 38.3 Å². The molecule has 1 saturated carbocycles. The molecule has 3 rings (SSSR count). The van der Waals surface area contributed by atoms with Gasteiger partial charge in [0.2, 0.25) is 0 Å². The van der Waals surface area contributed by atoms with Crippen LogP contribution in [0.25, 0.3) is 0 Å². The van der Waals surface area contributed by atoms with Crippen molar-refractivity contribution >= 4 is 28.8 Å². The summed E-state index contributed by atoms with van der Waals surface area (Å²) < 4.78 is 0. The molecule has 1 unspecified atom stereocenters. The van der Waals surface area contributed by atoms with Crippen molar-refractivity contribution in [3.8, 4) is 0 Å². The van der Waals surface area contributed by atoms with Gasteiger partial charge >= 0.3 is 0 Å². The van der Waals surface area contributed by atoms with Crippen LogP contribution in [-0.2, 0) is 6.54 Å². The molecule has 1 atom stereocenters. The van der Waals surface area contributed by atoms with Crippen LogP contribution in [0.15, 0.2) is 29.6 Å². The SMILES string of the molecule is NCc1nc(C(=O)NC(c2ccc(Cl)cc2)C2CCCC2)cs1. The van der Waals surface area contributed by atoms with Crippen LogP contribution in [0.5, 0.6) is 0 Å². The van der Waals surface area contributed by atoms with E-state index >= 15 is 0 Å². The highest BCUT2D eigenvalue weighted by Gasteiger charge is 2.28. The number of aromatic nitrogens is 1. The third-order valence-electron chi connectivity index (χ3n) is 4.35. The molecule has 0 bridgehead atoms. The fourth-order valence-corrected chi connectivity index (χ4v) is 3.94. The molecule has 0 aliphatic heterocycles. The number of amides is 1. The first-order valence-electron chi connectivity index (χ1n) is 7.88. The number of carbonyl (C=O) groups is 1. The maximum Gasteiger partial charge on any atom is 0.271 e. The first-order valence-corrected chi connectivity index (χ1v) is 9.14. The van der Waals surface area contributed by atoms with Crippen LogP contribution in [0.4, 0.5) is 0 Å². The Morgan fingerprint density at radius 3 is 2.65 bits per heavy atom. The maximum absolute atomic E-state index is 12.5. The minimum atomic E-state index is -0.132. The highest BCUT2D eigenvalue weighted by Crippen LogP contribution is 2.36. The molecule has 3 N–H and O–H groups in total. The third-order valence-corrected chi connectivity index (χ3v) is 5.47. The molecule has 122 valence electrons. The van der Waals surface area contributed by atoms with E-state index in [0.29, 0.717) is 23.2 Å². The normalized spacial score (nSPS) is 16.4. The number of halogens is 1.